The second-order valence-corrected chi connectivity index (χ2v) is 6.78. The first kappa shape index (κ1) is 22.3. The van der Waals surface area contributed by atoms with E-state index in [4.69, 9.17) is 14.2 Å². The highest BCUT2D eigenvalue weighted by atomic mass is 16.5. The summed E-state index contributed by atoms with van der Waals surface area (Å²) in [4.78, 5) is 42.5. The van der Waals surface area contributed by atoms with Crippen LogP contribution in [0.1, 0.15) is 38.8 Å². The van der Waals surface area contributed by atoms with Crippen molar-refractivity contribution in [3.63, 3.8) is 0 Å². The van der Waals surface area contributed by atoms with Gasteiger partial charge in [-0.25, -0.2) is 4.79 Å². The van der Waals surface area contributed by atoms with Crippen LogP contribution in [0.15, 0.2) is 40.5 Å². The summed E-state index contributed by atoms with van der Waals surface area (Å²) >= 11 is 0. The van der Waals surface area contributed by atoms with E-state index in [9.17, 15) is 14.4 Å². The Morgan fingerprint density at radius 3 is 2.21 bits per heavy atom. The number of carbonyl (C=O) groups excluding carboxylic acids is 3. The molecule has 1 aromatic rings. The maximum Gasteiger partial charge on any atom is 0.336 e. The van der Waals surface area contributed by atoms with Gasteiger partial charge in [0.25, 0.3) is 0 Å². The third-order valence-corrected chi connectivity index (χ3v) is 4.58. The van der Waals surface area contributed by atoms with Gasteiger partial charge >= 0.3 is 17.9 Å². The summed E-state index contributed by atoms with van der Waals surface area (Å²) in [5, 5.41) is 0. The van der Waals surface area contributed by atoms with E-state index in [2.05, 4.69) is 4.99 Å². The summed E-state index contributed by atoms with van der Waals surface area (Å²) in [7, 11) is 0. The predicted molar refractivity (Wildman–Crippen MR) is 107 cm³/mol. The molecule has 0 amide bonds. The lowest BCUT2D eigenvalue weighted by atomic mass is 9.79. The van der Waals surface area contributed by atoms with Crippen LogP contribution in [0.3, 0.4) is 0 Å². The molecule has 1 aliphatic rings. The van der Waals surface area contributed by atoms with Crippen LogP contribution >= 0.6 is 0 Å². The highest BCUT2D eigenvalue weighted by molar-refractivity contribution is 6.10. The zero-order valence-corrected chi connectivity index (χ0v) is 17.5. The molecule has 7 heteroatoms. The SMILES string of the molecule is CCOC(=O)C1=C(C)N=C(C)C(C(=O)OCC)[C@H]1C(=O)OCc1cccc(C)c1. The minimum absolute atomic E-state index is 0.0257. The minimum atomic E-state index is -1.17. The number of carbonyl (C=O) groups is 3. The molecule has 2 rings (SSSR count). The number of rotatable bonds is 7. The minimum Gasteiger partial charge on any atom is -0.465 e. The van der Waals surface area contributed by atoms with Gasteiger partial charge in [0.05, 0.1) is 18.8 Å². The first-order valence-corrected chi connectivity index (χ1v) is 9.62. The van der Waals surface area contributed by atoms with Gasteiger partial charge in [0, 0.05) is 11.4 Å². The molecule has 0 fully saturated rings. The molecule has 0 aromatic heterocycles. The van der Waals surface area contributed by atoms with Crippen molar-refractivity contribution in [3.05, 3.63) is 46.7 Å². The van der Waals surface area contributed by atoms with E-state index >= 15 is 0 Å². The fourth-order valence-electron chi connectivity index (χ4n) is 3.35. The zero-order chi connectivity index (χ0) is 21.6. The molecule has 2 atom stereocenters. The largest absolute Gasteiger partial charge is 0.465 e. The predicted octanol–water partition coefficient (Wildman–Crippen LogP) is 3.15. The van der Waals surface area contributed by atoms with Gasteiger partial charge in [-0.1, -0.05) is 29.8 Å². The summed E-state index contributed by atoms with van der Waals surface area (Å²) in [6.45, 7) is 8.82. The number of esters is 3. The van der Waals surface area contributed by atoms with Gasteiger partial charge in [0.2, 0.25) is 0 Å². The summed E-state index contributed by atoms with van der Waals surface area (Å²) < 4.78 is 15.7. The van der Waals surface area contributed by atoms with Gasteiger partial charge in [-0.15, -0.1) is 0 Å². The number of allylic oxidation sites excluding steroid dienone is 1. The molecule has 0 spiro atoms. The highest BCUT2D eigenvalue weighted by Gasteiger charge is 2.46. The normalized spacial score (nSPS) is 18.7. The molecule has 156 valence electrons. The molecule has 7 nitrogen and oxygen atoms in total. The van der Waals surface area contributed by atoms with Crippen molar-refractivity contribution >= 4 is 23.6 Å². The Morgan fingerprint density at radius 2 is 1.59 bits per heavy atom. The number of benzene rings is 1. The number of ether oxygens (including phenoxy) is 3. The molecule has 0 N–H and O–H groups in total. The third-order valence-electron chi connectivity index (χ3n) is 4.58. The fourth-order valence-corrected chi connectivity index (χ4v) is 3.35. The Bertz CT molecular complexity index is 855. The number of nitrogens with zero attached hydrogens (tertiary/aromatic N) is 1. The Labute approximate surface area is 170 Å². The Morgan fingerprint density at radius 1 is 0.931 bits per heavy atom. The van der Waals surface area contributed by atoms with Crippen LogP contribution in [0, 0.1) is 18.8 Å². The van der Waals surface area contributed by atoms with Gasteiger partial charge < -0.3 is 14.2 Å². The number of hydrogen-bond acceptors (Lipinski definition) is 7. The Balaban J connectivity index is 2.37. The van der Waals surface area contributed by atoms with Crippen molar-refractivity contribution < 1.29 is 28.6 Å². The Hall–Kier alpha value is -2.96. The van der Waals surface area contributed by atoms with E-state index in [-0.39, 0.29) is 25.4 Å². The Kier molecular flexibility index (Phi) is 7.70. The van der Waals surface area contributed by atoms with Gasteiger partial charge in [-0.3, -0.25) is 14.6 Å². The lowest BCUT2D eigenvalue weighted by Crippen LogP contribution is -2.42. The first-order chi connectivity index (χ1) is 13.8. The van der Waals surface area contributed by atoms with Crippen LogP contribution in [0.4, 0.5) is 0 Å². The molecular weight excluding hydrogens is 374 g/mol. The standard InChI is InChI=1S/C22H27NO6/c1-6-27-20(24)17-14(4)23-15(5)18(21(25)28-7-2)19(17)22(26)29-12-16-10-8-9-13(3)11-16/h8-11,17,19H,6-7,12H2,1-5H3/t17?,19-/m1/s1. The summed E-state index contributed by atoms with van der Waals surface area (Å²) in [5.74, 6) is -4.21. The average Bonchev–Trinajstić information content (AvgIpc) is 2.65. The number of hydrogen-bond donors (Lipinski definition) is 0. The molecule has 29 heavy (non-hydrogen) atoms. The number of aliphatic imine (C=N–C) groups is 1. The monoisotopic (exact) mass is 401 g/mol. The molecule has 0 bridgehead atoms. The molecule has 0 aliphatic carbocycles. The van der Waals surface area contributed by atoms with Crippen LogP contribution < -0.4 is 0 Å². The molecular formula is C22H27NO6. The van der Waals surface area contributed by atoms with Crippen molar-refractivity contribution in [1.82, 2.24) is 0 Å². The van der Waals surface area contributed by atoms with Crippen molar-refractivity contribution in [1.29, 1.82) is 0 Å². The summed E-state index contributed by atoms with van der Waals surface area (Å²) in [5.41, 5.74) is 2.60. The number of aryl methyl sites for hydroxylation is 1. The van der Waals surface area contributed by atoms with E-state index in [1.54, 1.807) is 27.7 Å². The lowest BCUT2D eigenvalue weighted by Gasteiger charge is -2.29. The smallest absolute Gasteiger partial charge is 0.336 e. The van der Waals surface area contributed by atoms with Crippen LogP contribution in [0.25, 0.3) is 0 Å². The molecule has 0 saturated heterocycles. The molecule has 0 radical (unpaired) electrons. The van der Waals surface area contributed by atoms with Crippen LogP contribution in [-0.2, 0) is 35.2 Å². The maximum atomic E-state index is 13.1. The van der Waals surface area contributed by atoms with E-state index in [0.717, 1.165) is 11.1 Å². The average molecular weight is 401 g/mol. The van der Waals surface area contributed by atoms with Gasteiger partial charge in [-0.2, -0.15) is 0 Å². The fraction of sp³-hybridized carbons (Fsp3) is 0.455. The van der Waals surface area contributed by atoms with Crippen LogP contribution in [0.5, 0.6) is 0 Å². The van der Waals surface area contributed by atoms with Gasteiger partial charge in [-0.05, 0) is 40.2 Å². The molecule has 1 aromatic carbocycles. The maximum absolute atomic E-state index is 13.1. The van der Waals surface area contributed by atoms with Gasteiger partial charge in [0.1, 0.15) is 18.4 Å². The van der Waals surface area contributed by atoms with E-state index in [1.807, 2.05) is 31.2 Å². The van der Waals surface area contributed by atoms with Crippen molar-refractivity contribution in [2.75, 3.05) is 13.2 Å². The van der Waals surface area contributed by atoms with Crippen molar-refractivity contribution in [2.45, 2.75) is 41.2 Å². The zero-order valence-electron chi connectivity index (χ0n) is 17.5. The molecule has 0 saturated carbocycles. The van der Waals surface area contributed by atoms with Crippen LogP contribution in [0.2, 0.25) is 0 Å². The summed E-state index contributed by atoms with van der Waals surface area (Å²) in [6.07, 6.45) is 0. The molecule has 1 heterocycles. The van der Waals surface area contributed by atoms with Gasteiger partial charge in [0.15, 0.2) is 0 Å². The summed E-state index contributed by atoms with van der Waals surface area (Å²) in [6, 6.07) is 7.54. The highest BCUT2D eigenvalue weighted by Crippen LogP contribution is 2.34. The molecule has 1 aliphatic heterocycles. The second-order valence-electron chi connectivity index (χ2n) is 6.78. The topological polar surface area (TPSA) is 91.3 Å². The second kappa shape index (κ2) is 10.0. The first-order valence-electron chi connectivity index (χ1n) is 9.62. The quantitative estimate of drug-likeness (QED) is 0.515. The van der Waals surface area contributed by atoms with Crippen molar-refractivity contribution in [3.8, 4) is 0 Å². The van der Waals surface area contributed by atoms with E-state index in [0.29, 0.717) is 11.4 Å². The van der Waals surface area contributed by atoms with Crippen molar-refractivity contribution in [2.24, 2.45) is 16.8 Å². The molecule has 1 unspecified atom stereocenters. The lowest BCUT2D eigenvalue weighted by molar-refractivity contribution is -0.159. The van der Waals surface area contributed by atoms with Crippen LogP contribution in [-0.4, -0.2) is 36.8 Å². The van der Waals surface area contributed by atoms with E-state index in [1.165, 1.54) is 0 Å². The van der Waals surface area contributed by atoms with E-state index < -0.39 is 29.7 Å². The third kappa shape index (κ3) is 5.31.